The number of ether oxygens (including phenoxy) is 1. The van der Waals surface area contributed by atoms with Gasteiger partial charge in [-0.05, 0) is 35.0 Å². The summed E-state index contributed by atoms with van der Waals surface area (Å²) in [6, 6.07) is 11.6. The lowest BCUT2D eigenvalue weighted by molar-refractivity contribution is -0.673. The van der Waals surface area contributed by atoms with Crippen molar-refractivity contribution in [3.8, 4) is 0 Å². The van der Waals surface area contributed by atoms with Crippen LogP contribution in [0.5, 0.6) is 0 Å². The number of pyridine rings is 1. The normalized spacial score (nSPS) is 21.0. The molecule has 2 amide bonds. The summed E-state index contributed by atoms with van der Waals surface area (Å²) in [6.07, 6.45) is 3.91. The van der Waals surface area contributed by atoms with E-state index >= 15 is 0 Å². The van der Waals surface area contributed by atoms with Crippen molar-refractivity contribution in [1.29, 1.82) is 0 Å². The number of nitrogens with zero attached hydrogens (tertiary/aromatic N) is 4. The van der Waals surface area contributed by atoms with Gasteiger partial charge in [0.25, 0.3) is 5.91 Å². The third kappa shape index (κ3) is 6.36. The standard InChI is InChI=1S/C28H30ClN5O5S2.HI/c1-31-7-6-24-25(18-31)40-27(30-24)28(36)34-9-8-33(17-22(34)16-26(35)32-10-12-39-13-11-32)41(37,38)23-5-3-19-14-21(29)4-2-20(19)15-23;/h2-7,14-15,18,22,27H,8-13,16-17H2,1H3;1H. The molecule has 4 heterocycles. The summed E-state index contributed by atoms with van der Waals surface area (Å²) in [5, 5.41) is 4.92. The Balaban J connectivity index is 0.00000353. The van der Waals surface area contributed by atoms with Gasteiger partial charge in [0.15, 0.2) is 17.8 Å². The number of carbonyl (C=O) groups is 2. The molecule has 0 radical (unpaired) electrons. The number of piperazine rings is 1. The number of hydrogen-bond donors (Lipinski definition) is 1. The SMILES string of the molecule is C[n+]1ccc2c(c1)SC(C(=O)N1CCN(S(=O)(=O)c3ccc4cc(Cl)ccc4c3)CC1CC(=O)N1CCOCC1)N2.[I-]. The number of sulfonamides is 1. The number of aryl methyl sites for hydroxylation is 1. The van der Waals surface area contributed by atoms with Crippen LogP contribution in [0.3, 0.4) is 0 Å². The number of amides is 2. The topological polar surface area (TPSA) is 103 Å². The zero-order valence-electron chi connectivity index (χ0n) is 22.9. The second-order valence-corrected chi connectivity index (χ2v) is 14.0. The molecule has 1 N–H and O–H groups in total. The average Bonchev–Trinajstić information content (AvgIpc) is 3.40. The number of morpholine rings is 1. The minimum Gasteiger partial charge on any atom is -1.00 e. The van der Waals surface area contributed by atoms with Crippen molar-refractivity contribution in [2.75, 3.05) is 51.3 Å². The molecule has 2 aromatic carbocycles. The van der Waals surface area contributed by atoms with Gasteiger partial charge in [-0.1, -0.05) is 35.5 Å². The smallest absolute Gasteiger partial charge is 0.256 e. The number of thioether (sulfide) groups is 1. The van der Waals surface area contributed by atoms with Crippen molar-refractivity contribution in [3.05, 3.63) is 59.9 Å². The van der Waals surface area contributed by atoms with E-state index in [1.807, 2.05) is 30.1 Å². The molecule has 2 atom stereocenters. The van der Waals surface area contributed by atoms with Crippen LogP contribution in [-0.4, -0.2) is 91.7 Å². The fourth-order valence-corrected chi connectivity index (χ4v) is 8.34. The highest BCUT2D eigenvalue weighted by Gasteiger charge is 2.41. The van der Waals surface area contributed by atoms with Gasteiger partial charge in [0.05, 0.1) is 34.7 Å². The largest absolute Gasteiger partial charge is 1.00 e. The molecule has 3 aromatic rings. The molecule has 0 aliphatic carbocycles. The van der Waals surface area contributed by atoms with Crippen LogP contribution in [0.15, 0.2) is 64.6 Å². The number of benzene rings is 2. The Morgan fingerprint density at radius 1 is 1.07 bits per heavy atom. The fraction of sp³-hybridized carbons (Fsp3) is 0.393. The highest BCUT2D eigenvalue weighted by molar-refractivity contribution is 8.01. The van der Waals surface area contributed by atoms with Gasteiger partial charge in [-0.3, -0.25) is 9.59 Å². The summed E-state index contributed by atoms with van der Waals surface area (Å²) < 4.78 is 36.3. The summed E-state index contributed by atoms with van der Waals surface area (Å²) in [6.45, 7) is 2.24. The average molecular weight is 744 g/mol. The number of halogens is 2. The molecule has 2 fully saturated rings. The lowest BCUT2D eigenvalue weighted by Gasteiger charge is -2.42. The van der Waals surface area contributed by atoms with Gasteiger partial charge in [-0.25, -0.2) is 13.0 Å². The molecule has 0 spiro atoms. The van der Waals surface area contributed by atoms with Crippen molar-refractivity contribution in [2.24, 2.45) is 7.05 Å². The molecule has 10 nitrogen and oxygen atoms in total. The van der Waals surface area contributed by atoms with E-state index in [0.717, 1.165) is 21.4 Å². The van der Waals surface area contributed by atoms with Gasteiger partial charge in [0.1, 0.15) is 7.05 Å². The highest BCUT2D eigenvalue weighted by atomic mass is 127. The third-order valence-electron chi connectivity index (χ3n) is 7.73. The van der Waals surface area contributed by atoms with Crippen molar-refractivity contribution in [2.45, 2.75) is 27.6 Å². The van der Waals surface area contributed by atoms with Gasteiger partial charge >= 0.3 is 0 Å². The molecule has 3 aliphatic rings. The van der Waals surface area contributed by atoms with E-state index in [0.29, 0.717) is 31.3 Å². The van der Waals surface area contributed by atoms with Gasteiger partial charge in [0.2, 0.25) is 15.9 Å². The maximum Gasteiger partial charge on any atom is 0.256 e. The summed E-state index contributed by atoms with van der Waals surface area (Å²) in [5.41, 5.74) is 0.881. The second-order valence-electron chi connectivity index (χ2n) is 10.4. The van der Waals surface area contributed by atoms with E-state index < -0.39 is 21.4 Å². The molecule has 6 rings (SSSR count). The first-order valence-corrected chi connectivity index (χ1v) is 16.2. The van der Waals surface area contributed by atoms with Crippen LogP contribution >= 0.6 is 23.4 Å². The van der Waals surface area contributed by atoms with Crippen LogP contribution in [-0.2, 0) is 31.4 Å². The third-order valence-corrected chi connectivity index (χ3v) is 11.0. The molecular formula is C28H31ClIN5O5S2. The summed E-state index contributed by atoms with van der Waals surface area (Å²) >= 11 is 7.53. The number of fused-ring (bicyclic) bond motifs is 2. The first-order chi connectivity index (χ1) is 19.7. The number of carbonyl (C=O) groups excluding carboxylic acids is 2. The molecule has 14 heteroatoms. The molecule has 2 unspecified atom stereocenters. The summed E-state index contributed by atoms with van der Waals surface area (Å²) in [4.78, 5) is 31.7. The van der Waals surface area contributed by atoms with Crippen molar-refractivity contribution in [3.63, 3.8) is 0 Å². The maximum absolute atomic E-state index is 13.8. The lowest BCUT2D eigenvalue weighted by atomic mass is 10.1. The van der Waals surface area contributed by atoms with Crippen molar-refractivity contribution >= 4 is 61.7 Å². The van der Waals surface area contributed by atoms with Crippen LogP contribution in [0, 0.1) is 0 Å². The van der Waals surface area contributed by atoms with Gasteiger partial charge in [-0.15, -0.1) is 0 Å². The molecule has 0 bridgehead atoms. The molecule has 1 aromatic heterocycles. The number of nitrogens with one attached hydrogen (secondary N) is 1. The van der Waals surface area contributed by atoms with Crippen LogP contribution < -0.4 is 33.9 Å². The number of anilines is 1. The number of aromatic nitrogens is 1. The Labute approximate surface area is 271 Å². The molecule has 3 aliphatic heterocycles. The highest BCUT2D eigenvalue weighted by Crippen LogP contribution is 2.38. The fourth-order valence-electron chi connectivity index (χ4n) is 5.50. The Morgan fingerprint density at radius 2 is 1.81 bits per heavy atom. The predicted octanol–water partition coefficient (Wildman–Crippen LogP) is -0.684. The van der Waals surface area contributed by atoms with Gasteiger partial charge in [-0.2, -0.15) is 4.31 Å². The van der Waals surface area contributed by atoms with Gasteiger partial charge < -0.3 is 43.8 Å². The number of rotatable bonds is 5. The number of hydrogen-bond acceptors (Lipinski definition) is 7. The zero-order chi connectivity index (χ0) is 28.7. The summed E-state index contributed by atoms with van der Waals surface area (Å²) in [5.74, 6) is -0.270. The van der Waals surface area contributed by atoms with E-state index in [9.17, 15) is 18.0 Å². The Hall–Kier alpha value is -2.17. The van der Waals surface area contributed by atoms with E-state index in [1.165, 1.54) is 16.1 Å². The summed E-state index contributed by atoms with van der Waals surface area (Å²) in [7, 11) is -1.96. The Morgan fingerprint density at radius 3 is 2.60 bits per heavy atom. The molecule has 2 saturated heterocycles. The second kappa shape index (κ2) is 12.8. The van der Waals surface area contributed by atoms with Crippen molar-refractivity contribution < 1.29 is 51.3 Å². The molecular weight excluding hydrogens is 713 g/mol. The maximum atomic E-state index is 13.8. The van der Waals surface area contributed by atoms with E-state index in [1.54, 1.807) is 46.2 Å². The molecule has 0 saturated carbocycles. The van der Waals surface area contributed by atoms with Crippen LogP contribution in [0.25, 0.3) is 10.8 Å². The van der Waals surface area contributed by atoms with E-state index in [4.69, 9.17) is 16.3 Å². The minimum absolute atomic E-state index is 0. The quantitative estimate of drug-likeness (QED) is 0.273. The molecule has 224 valence electrons. The minimum atomic E-state index is -3.88. The lowest BCUT2D eigenvalue weighted by Crippen LogP contribution is -3.00. The Kier molecular flexibility index (Phi) is 9.54. The van der Waals surface area contributed by atoms with E-state index in [-0.39, 0.29) is 66.7 Å². The molecule has 42 heavy (non-hydrogen) atoms. The monoisotopic (exact) mass is 743 g/mol. The van der Waals surface area contributed by atoms with Gasteiger partial charge in [0, 0.05) is 50.2 Å². The van der Waals surface area contributed by atoms with Crippen LogP contribution in [0.1, 0.15) is 6.42 Å². The zero-order valence-corrected chi connectivity index (χ0v) is 27.5. The van der Waals surface area contributed by atoms with E-state index in [2.05, 4.69) is 5.32 Å². The van der Waals surface area contributed by atoms with Crippen molar-refractivity contribution in [1.82, 2.24) is 14.1 Å². The first-order valence-electron chi connectivity index (χ1n) is 13.5. The predicted molar refractivity (Wildman–Crippen MR) is 156 cm³/mol. The first kappa shape index (κ1) is 31.3. The van der Waals surface area contributed by atoms with Crippen LogP contribution in [0.4, 0.5) is 5.69 Å². The van der Waals surface area contributed by atoms with Crippen LogP contribution in [0.2, 0.25) is 5.02 Å². The Bertz CT molecular complexity index is 1620.